The highest BCUT2D eigenvalue weighted by atomic mass is 32.1. The molecule has 5 nitrogen and oxygen atoms in total. The zero-order chi connectivity index (χ0) is 17.0. The molecule has 0 aliphatic heterocycles. The Morgan fingerprint density at radius 2 is 2.09 bits per heavy atom. The van der Waals surface area contributed by atoms with E-state index in [2.05, 4.69) is 29.6 Å². The lowest BCUT2D eigenvalue weighted by Gasteiger charge is -2.11. The normalized spacial score (nSPS) is 10.4. The minimum absolute atomic E-state index is 0.0331. The monoisotopic (exact) mass is 330 g/mol. The lowest BCUT2D eigenvalue weighted by Crippen LogP contribution is -2.28. The molecule has 2 N–H and O–H groups in total. The molecule has 2 aromatic rings. The van der Waals surface area contributed by atoms with Gasteiger partial charge in [-0.3, -0.25) is 9.48 Å². The Kier molecular flexibility index (Phi) is 5.50. The van der Waals surface area contributed by atoms with Gasteiger partial charge in [0, 0.05) is 35.6 Å². The van der Waals surface area contributed by atoms with Gasteiger partial charge in [-0.2, -0.15) is 5.10 Å². The molecule has 0 aliphatic carbocycles. The highest BCUT2D eigenvalue weighted by molar-refractivity contribution is 7.80. The van der Waals surface area contributed by atoms with Crippen LogP contribution in [0.1, 0.15) is 41.2 Å². The molecule has 6 heteroatoms. The summed E-state index contributed by atoms with van der Waals surface area (Å²) in [5, 5.41) is 11.3. The van der Waals surface area contributed by atoms with Crippen LogP contribution in [0.15, 0.2) is 24.3 Å². The molecule has 0 amide bonds. The number of anilines is 1. The first-order chi connectivity index (χ1) is 10.9. The second kappa shape index (κ2) is 7.37. The zero-order valence-corrected chi connectivity index (χ0v) is 14.8. The van der Waals surface area contributed by atoms with Gasteiger partial charge in [0.2, 0.25) is 0 Å². The maximum absolute atomic E-state index is 11.4. The first-order valence-electron chi connectivity index (χ1n) is 7.61. The number of carbonyl (C=O) groups excluding carboxylic acids is 1. The van der Waals surface area contributed by atoms with Gasteiger partial charge in [-0.25, -0.2) is 0 Å². The number of hydrogen-bond acceptors (Lipinski definition) is 3. The van der Waals surface area contributed by atoms with Gasteiger partial charge in [0.05, 0.1) is 5.69 Å². The van der Waals surface area contributed by atoms with Gasteiger partial charge in [0.1, 0.15) is 0 Å². The molecule has 23 heavy (non-hydrogen) atoms. The molecule has 0 aliphatic rings. The Bertz CT molecular complexity index is 736. The zero-order valence-electron chi connectivity index (χ0n) is 13.9. The summed E-state index contributed by atoms with van der Waals surface area (Å²) in [7, 11) is 0. The minimum atomic E-state index is 0.0331. The van der Waals surface area contributed by atoms with Crippen LogP contribution in [0.4, 0.5) is 5.69 Å². The van der Waals surface area contributed by atoms with Gasteiger partial charge in [-0.15, -0.1) is 0 Å². The first kappa shape index (κ1) is 17.1. The molecule has 0 saturated carbocycles. The first-order valence-corrected chi connectivity index (χ1v) is 8.02. The molecule has 0 fully saturated rings. The number of rotatable bonds is 5. The summed E-state index contributed by atoms with van der Waals surface area (Å²) in [4.78, 5) is 11.4. The molecule has 0 bridgehead atoms. The van der Waals surface area contributed by atoms with E-state index in [1.165, 1.54) is 0 Å². The van der Waals surface area contributed by atoms with Crippen LogP contribution >= 0.6 is 12.2 Å². The Morgan fingerprint density at radius 1 is 1.35 bits per heavy atom. The molecular weight excluding hydrogens is 308 g/mol. The maximum atomic E-state index is 11.4. The number of thiocarbonyl (C=S) groups is 1. The molecular formula is C17H22N4OS. The van der Waals surface area contributed by atoms with Crippen molar-refractivity contribution in [3.63, 3.8) is 0 Å². The van der Waals surface area contributed by atoms with Gasteiger partial charge in [0.25, 0.3) is 0 Å². The van der Waals surface area contributed by atoms with E-state index >= 15 is 0 Å². The third kappa shape index (κ3) is 4.16. The standard InChI is InChI=1S/C17H22N4OS/c1-5-21-12(3)16(11(2)20-21)10-18-17(23)19-15-8-6-7-14(9-15)13(4)22/h6-9H,5,10H2,1-4H3,(H2,18,19,23). The van der Waals surface area contributed by atoms with Crippen molar-refractivity contribution in [1.82, 2.24) is 15.1 Å². The number of hydrogen-bond donors (Lipinski definition) is 2. The molecule has 1 aromatic carbocycles. The average molecular weight is 330 g/mol. The summed E-state index contributed by atoms with van der Waals surface area (Å²) in [6.07, 6.45) is 0. The second-order valence-corrected chi connectivity index (χ2v) is 5.82. The van der Waals surface area contributed by atoms with Gasteiger partial charge in [0.15, 0.2) is 10.9 Å². The Labute approximate surface area is 142 Å². The van der Waals surface area contributed by atoms with E-state index in [0.29, 0.717) is 17.2 Å². The predicted molar refractivity (Wildman–Crippen MR) is 96.9 cm³/mol. The number of Topliss-reactive ketones (excluding diaryl/α,β-unsaturated/α-hetero) is 1. The number of nitrogens with one attached hydrogen (secondary N) is 2. The number of aromatic nitrogens is 2. The van der Waals surface area contributed by atoms with Crippen LogP contribution in [0.5, 0.6) is 0 Å². The van der Waals surface area contributed by atoms with Crippen LogP contribution in [0.25, 0.3) is 0 Å². The molecule has 1 aromatic heterocycles. The molecule has 0 unspecified atom stereocenters. The van der Waals surface area contributed by atoms with E-state index in [-0.39, 0.29) is 5.78 Å². The molecule has 2 rings (SSSR count). The molecule has 122 valence electrons. The summed E-state index contributed by atoms with van der Waals surface area (Å²) in [6.45, 7) is 9.16. The fourth-order valence-corrected chi connectivity index (χ4v) is 2.65. The van der Waals surface area contributed by atoms with Crippen LogP contribution in [0, 0.1) is 13.8 Å². The number of benzene rings is 1. The SMILES string of the molecule is CCn1nc(C)c(CNC(=S)Nc2cccc(C(C)=O)c2)c1C. The molecule has 0 saturated heterocycles. The number of nitrogens with zero attached hydrogens (tertiary/aromatic N) is 2. The van der Waals surface area contributed by atoms with E-state index in [0.717, 1.165) is 29.2 Å². The van der Waals surface area contributed by atoms with Crippen molar-refractivity contribution in [3.8, 4) is 0 Å². The fourth-order valence-electron chi connectivity index (χ4n) is 2.46. The Morgan fingerprint density at radius 3 is 2.70 bits per heavy atom. The molecule has 0 radical (unpaired) electrons. The van der Waals surface area contributed by atoms with Gasteiger partial charge in [-0.05, 0) is 52.0 Å². The van der Waals surface area contributed by atoms with E-state index in [9.17, 15) is 4.79 Å². The van der Waals surface area contributed by atoms with Crippen molar-refractivity contribution in [3.05, 3.63) is 46.8 Å². The summed E-state index contributed by atoms with van der Waals surface area (Å²) in [6, 6.07) is 7.30. The predicted octanol–water partition coefficient (Wildman–Crippen LogP) is 3.21. The Balaban J connectivity index is 1.99. The van der Waals surface area contributed by atoms with E-state index in [1.807, 2.05) is 23.7 Å². The molecule has 1 heterocycles. The van der Waals surface area contributed by atoms with Crippen LogP contribution in [-0.4, -0.2) is 20.7 Å². The minimum Gasteiger partial charge on any atom is -0.358 e. The van der Waals surface area contributed by atoms with Crippen LogP contribution in [0.3, 0.4) is 0 Å². The molecule has 0 spiro atoms. The maximum Gasteiger partial charge on any atom is 0.171 e. The van der Waals surface area contributed by atoms with Gasteiger partial charge < -0.3 is 10.6 Å². The summed E-state index contributed by atoms with van der Waals surface area (Å²) < 4.78 is 1.99. The van der Waals surface area contributed by atoms with E-state index in [1.54, 1.807) is 19.1 Å². The van der Waals surface area contributed by atoms with Crippen LogP contribution < -0.4 is 10.6 Å². The third-order valence-electron chi connectivity index (χ3n) is 3.78. The van der Waals surface area contributed by atoms with Gasteiger partial charge in [-0.1, -0.05) is 12.1 Å². The van der Waals surface area contributed by atoms with Crippen LogP contribution in [-0.2, 0) is 13.1 Å². The van der Waals surface area contributed by atoms with Crippen molar-refractivity contribution in [2.24, 2.45) is 0 Å². The lowest BCUT2D eigenvalue weighted by molar-refractivity contribution is 0.101. The fraction of sp³-hybridized carbons (Fsp3) is 0.353. The largest absolute Gasteiger partial charge is 0.358 e. The van der Waals surface area contributed by atoms with Crippen molar-refractivity contribution in [2.45, 2.75) is 40.8 Å². The third-order valence-corrected chi connectivity index (χ3v) is 4.03. The van der Waals surface area contributed by atoms with E-state index < -0.39 is 0 Å². The average Bonchev–Trinajstić information content (AvgIpc) is 2.79. The Hall–Kier alpha value is -2.21. The van der Waals surface area contributed by atoms with Crippen molar-refractivity contribution >= 4 is 28.8 Å². The topological polar surface area (TPSA) is 59.0 Å². The smallest absolute Gasteiger partial charge is 0.171 e. The summed E-state index contributed by atoms with van der Waals surface area (Å²) in [5.41, 5.74) is 4.78. The summed E-state index contributed by atoms with van der Waals surface area (Å²) in [5.74, 6) is 0.0331. The quantitative estimate of drug-likeness (QED) is 0.651. The number of aryl methyl sites for hydroxylation is 2. The highest BCUT2D eigenvalue weighted by Gasteiger charge is 2.10. The lowest BCUT2D eigenvalue weighted by atomic mass is 10.1. The number of carbonyl (C=O) groups is 1. The van der Waals surface area contributed by atoms with Gasteiger partial charge >= 0.3 is 0 Å². The van der Waals surface area contributed by atoms with Crippen molar-refractivity contribution in [1.29, 1.82) is 0 Å². The number of ketones is 1. The van der Waals surface area contributed by atoms with Crippen molar-refractivity contribution in [2.75, 3.05) is 5.32 Å². The summed E-state index contributed by atoms with van der Waals surface area (Å²) >= 11 is 5.33. The second-order valence-electron chi connectivity index (χ2n) is 5.41. The molecule has 0 atom stereocenters. The van der Waals surface area contributed by atoms with Crippen LogP contribution in [0.2, 0.25) is 0 Å². The van der Waals surface area contributed by atoms with E-state index in [4.69, 9.17) is 12.2 Å². The highest BCUT2D eigenvalue weighted by Crippen LogP contribution is 2.14. The van der Waals surface area contributed by atoms with Crippen molar-refractivity contribution < 1.29 is 4.79 Å².